The second kappa shape index (κ2) is 8.64. The van der Waals surface area contributed by atoms with Gasteiger partial charge < -0.3 is 0 Å². The Hall–Kier alpha value is -1.93. The molecule has 144 valence electrons. The van der Waals surface area contributed by atoms with E-state index in [4.69, 9.17) is 0 Å². The number of sulfonamides is 1. The van der Waals surface area contributed by atoms with Crippen LogP contribution < -0.4 is 10.9 Å². The molecule has 1 saturated heterocycles. The molecule has 0 aliphatic carbocycles. The number of rotatable bonds is 5. The Morgan fingerprint density at radius 3 is 2.38 bits per heavy atom. The van der Waals surface area contributed by atoms with E-state index in [2.05, 4.69) is 10.9 Å². The molecule has 1 aliphatic rings. The number of piperidine rings is 1. The van der Waals surface area contributed by atoms with Crippen LogP contribution in [0.4, 0.5) is 0 Å². The van der Waals surface area contributed by atoms with Gasteiger partial charge in [0.25, 0.3) is 5.91 Å². The van der Waals surface area contributed by atoms with Crippen LogP contribution in [0.1, 0.15) is 55.5 Å². The predicted octanol–water partition coefficient (Wildman–Crippen LogP) is 1.98. The van der Waals surface area contributed by atoms with Gasteiger partial charge in [0, 0.05) is 25.1 Å². The Bertz CT molecular complexity index is 769. The topological polar surface area (TPSA) is 95.6 Å². The second-order valence-electron chi connectivity index (χ2n) is 7.04. The number of amides is 2. The van der Waals surface area contributed by atoms with E-state index in [1.165, 1.54) is 16.4 Å². The fraction of sp³-hybridized carbons (Fsp3) is 0.556. The molecule has 0 atom stereocenters. The highest BCUT2D eigenvalue weighted by atomic mass is 32.2. The van der Waals surface area contributed by atoms with Crippen LogP contribution in [-0.2, 0) is 14.8 Å². The van der Waals surface area contributed by atoms with Crippen molar-refractivity contribution in [3.63, 3.8) is 0 Å². The molecule has 1 fully saturated rings. The van der Waals surface area contributed by atoms with Crippen LogP contribution >= 0.6 is 0 Å². The first-order valence-corrected chi connectivity index (χ1v) is 10.4. The largest absolute Gasteiger partial charge is 0.273 e. The number of carbonyl (C=O) groups excluding carboxylic acids is 2. The lowest BCUT2D eigenvalue weighted by molar-refractivity contribution is -0.122. The standard InChI is InChI=1S/C18H27N3O4S/c1-13(2)11-17(22)19-20-18(23)16-12-15(8-7-14(16)3)26(24,25)21-9-5-4-6-10-21/h7-8,12-13H,4-6,9-11H2,1-3H3,(H,19,22)(H,20,23). The fourth-order valence-electron chi connectivity index (χ4n) is 2.88. The summed E-state index contributed by atoms with van der Waals surface area (Å²) in [6.45, 7) is 6.54. The molecule has 26 heavy (non-hydrogen) atoms. The maximum atomic E-state index is 12.8. The maximum absolute atomic E-state index is 12.8. The number of carbonyl (C=O) groups is 2. The van der Waals surface area contributed by atoms with Crippen LogP contribution in [0.15, 0.2) is 23.1 Å². The first-order chi connectivity index (χ1) is 12.2. The zero-order chi connectivity index (χ0) is 19.3. The quantitative estimate of drug-likeness (QED) is 0.763. The van der Waals surface area contributed by atoms with E-state index in [9.17, 15) is 18.0 Å². The van der Waals surface area contributed by atoms with E-state index in [1.807, 2.05) is 13.8 Å². The van der Waals surface area contributed by atoms with E-state index < -0.39 is 15.9 Å². The third-order valence-electron chi connectivity index (χ3n) is 4.32. The summed E-state index contributed by atoms with van der Waals surface area (Å²) >= 11 is 0. The van der Waals surface area contributed by atoms with Crippen LogP contribution in [0.5, 0.6) is 0 Å². The van der Waals surface area contributed by atoms with Crippen molar-refractivity contribution < 1.29 is 18.0 Å². The van der Waals surface area contributed by atoms with Crippen molar-refractivity contribution in [2.45, 2.75) is 51.3 Å². The summed E-state index contributed by atoms with van der Waals surface area (Å²) in [6.07, 6.45) is 3.02. The Morgan fingerprint density at radius 2 is 1.77 bits per heavy atom. The summed E-state index contributed by atoms with van der Waals surface area (Å²) < 4.78 is 27.0. The zero-order valence-electron chi connectivity index (χ0n) is 15.5. The van der Waals surface area contributed by atoms with Gasteiger partial charge in [-0.15, -0.1) is 0 Å². The fourth-order valence-corrected chi connectivity index (χ4v) is 4.42. The van der Waals surface area contributed by atoms with Crippen LogP contribution in [0, 0.1) is 12.8 Å². The maximum Gasteiger partial charge on any atom is 0.269 e. The average molecular weight is 381 g/mol. The van der Waals surface area contributed by atoms with E-state index in [1.54, 1.807) is 13.0 Å². The van der Waals surface area contributed by atoms with Crippen LogP contribution in [0.3, 0.4) is 0 Å². The molecule has 2 N–H and O–H groups in total. The first-order valence-electron chi connectivity index (χ1n) is 8.92. The number of hydrogen-bond acceptors (Lipinski definition) is 4. The van der Waals surface area contributed by atoms with Crippen molar-refractivity contribution in [1.82, 2.24) is 15.2 Å². The predicted molar refractivity (Wildman–Crippen MR) is 98.9 cm³/mol. The smallest absolute Gasteiger partial charge is 0.269 e. The molecule has 0 saturated carbocycles. The summed E-state index contributed by atoms with van der Waals surface area (Å²) in [5.74, 6) is -0.648. The highest BCUT2D eigenvalue weighted by Gasteiger charge is 2.27. The average Bonchev–Trinajstić information content (AvgIpc) is 2.60. The third-order valence-corrected chi connectivity index (χ3v) is 6.21. The molecule has 0 unspecified atom stereocenters. The summed E-state index contributed by atoms with van der Waals surface area (Å²) in [4.78, 5) is 24.2. The van der Waals surface area contributed by atoms with E-state index in [0.717, 1.165) is 19.3 Å². The van der Waals surface area contributed by atoms with Crippen LogP contribution in [-0.4, -0.2) is 37.6 Å². The molecular weight excluding hydrogens is 354 g/mol. The molecule has 7 nitrogen and oxygen atoms in total. The number of benzene rings is 1. The minimum absolute atomic E-state index is 0.101. The molecule has 8 heteroatoms. The summed E-state index contributed by atoms with van der Waals surface area (Å²) in [6, 6.07) is 4.51. The monoisotopic (exact) mass is 381 g/mol. The van der Waals surface area contributed by atoms with Crippen LogP contribution in [0.2, 0.25) is 0 Å². The lowest BCUT2D eigenvalue weighted by atomic mass is 10.1. The van der Waals surface area contributed by atoms with Crippen LogP contribution in [0.25, 0.3) is 0 Å². The molecule has 0 spiro atoms. The summed E-state index contributed by atoms with van der Waals surface area (Å²) in [5, 5.41) is 0. The van der Waals surface area contributed by atoms with Gasteiger partial charge in [0.2, 0.25) is 15.9 Å². The highest BCUT2D eigenvalue weighted by molar-refractivity contribution is 7.89. The Balaban J connectivity index is 2.16. The van der Waals surface area contributed by atoms with Crippen molar-refractivity contribution >= 4 is 21.8 Å². The molecule has 1 heterocycles. The highest BCUT2D eigenvalue weighted by Crippen LogP contribution is 2.22. The molecule has 2 amide bonds. The van der Waals surface area contributed by atoms with Gasteiger partial charge in [-0.2, -0.15) is 4.31 Å². The van der Waals surface area contributed by atoms with Gasteiger partial charge in [-0.05, 0) is 43.4 Å². The summed E-state index contributed by atoms with van der Waals surface area (Å²) in [5.41, 5.74) is 5.59. The van der Waals surface area contributed by atoms with Crippen molar-refractivity contribution in [1.29, 1.82) is 0 Å². The lowest BCUT2D eigenvalue weighted by Crippen LogP contribution is -2.42. The zero-order valence-corrected chi connectivity index (χ0v) is 16.4. The number of hydrogen-bond donors (Lipinski definition) is 2. The van der Waals surface area contributed by atoms with Crippen molar-refractivity contribution in [3.05, 3.63) is 29.3 Å². The summed E-state index contributed by atoms with van der Waals surface area (Å²) in [7, 11) is -3.62. The third kappa shape index (κ3) is 5.04. The van der Waals surface area contributed by atoms with E-state index in [-0.39, 0.29) is 22.3 Å². The van der Waals surface area contributed by atoms with Gasteiger partial charge in [0.1, 0.15) is 0 Å². The first kappa shape index (κ1) is 20.4. The van der Waals surface area contributed by atoms with Gasteiger partial charge in [-0.3, -0.25) is 20.4 Å². The number of hydrazine groups is 1. The molecule has 1 aliphatic heterocycles. The number of aryl methyl sites for hydroxylation is 1. The van der Waals surface area contributed by atoms with Crippen molar-refractivity contribution in [3.8, 4) is 0 Å². The van der Waals surface area contributed by atoms with Gasteiger partial charge in [0.15, 0.2) is 0 Å². The molecule has 1 aromatic carbocycles. The molecule has 2 rings (SSSR count). The molecule has 0 radical (unpaired) electrons. The van der Waals surface area contributed by atoms with Crippen molar-refractivity contribution in [2.24, 2.45) is 5.92 Å². The number of nitrogens with zero attached hydrogens (tertiary/aromatic N) is 1. The Kier molecular flexibility index (Phi) is 6.77. The van der Waals surface area contributed by atoms with Gasteiger partial charge >= 0.3 is 0 Å². The SMILES string of the molecule is Cc1ccc(S(=O)(=O)N2CCCCC2)cc1C(=O)NNC(=O)CC(C)C. The van der Waals surface area contributed by atoms with Crippen molar-refractivity contribution in [2.75, 3.05) is 13.1 Å². The molecule has 0 aromatic heterocycles. The number of nitrogens with one attached hydrogen (secondary N) is 2. The molecular formula is C18H27N3O4S. The normalized spacial score (nSPS) is 15.7. The Labute approximate surface area is 155 Å². The molecule has 1 aromatic rings. The second-order valence-corrected chi connectivity index (χ2v) is 8.98. The van der Waals surface area contributed by atoms with Gasteiger partial charge in [-0.25, -0.2) is 8.42 Å². The molecule has 0 bridgehead atoms. The van der Waals surface area contributed by atoms with Gasteiger partial charge in [-0.1, -0.05) is 26.3 Å². The van der Waals surface area contributed by atoms with Gasteiger partial charge in [0.05, 0.1) is 4.90 Å². The minimum atomic E-state index is -3.62. The minimum Gasteiger partial charge on any atom is -0.273 e. The van der Waals surface area contributed by atoms with E-state index >= 15 is 0 Å². The Morgan fingerprint density at radius 1 is 1.12 bits per heavy atom. The lowest BCUT2D eigenvalue weighted by Gasteiger charge is -2.26. The van der Waals surface area contributed by atoms with E-state index in [0.29, 0.717) is 25.1 Å².